The highest BCUT2D eigenvalue weighted by Crippen LogP contribution is 2.24. The summed E-state index contributed by atoms with van der Waals surface area (Å²) in [6.45, 7) is 20.9. The van der Waals surface area contributed by atoms with Crippen molar-refractivity contribution in [3.8, 4) is 0 Å². The van der Waals surface area contributed by atoms with E-state index in [2.05, 4.69) is 69.6 Å². The maximum absolute atomic E-state index is 9.47. The van der Waals surface area contributed by atoms with Crippen molar-refractivity contribution < 1.29 is 5.11 Å². The largest absolute Gasteiger partial charge is 0.394 e. The van der Waals surface area contributed by atoms with Gasteiger partial charge in [-0.3, -0.25) is 4.99 Å². The number of nitrogens with zero attached hydrogens (tertiary/aromatic N) is 1. The van der Waals surface area contributed by atoms with Crippen LogP contribution in [-0.4, -0.2) is 23.5 Å². The zero-order chi connectivity index (χ0) is 21.3. The summed E-state index contributed by atoms with van der Waals surface area (Å²) >= 11 is 0. The van der Waals surface area contributed by atoms with Crippen molar-refractivity contribution in [2.45, 2.75) is 54.1 Å². The zero-order valence-corrected chi connectivity index (χ0v) is 18.3. The Hall–Kier alpha value is -2.23. The minimum absolute atomic E-state index is 0.0450. The van der Waals surface area contributed by atoms with E-state index in [0.717, 1.165) is 39.2 Å². The Bertz CT molecular complexity index is 782. The number of aliphatic hydroxyl groups excluding tert-OH is 1. The predicted octanol–water partition coefficient (Wildman–Crippen LogP) is 5.83. The number of allylic oxidation sites excluding steroid dienone is 5. The van der Waals surface area contributed by atoms with Crippen LogP contribution >= 0.6 is 0 Å². The third-order valence-corrected chi connectivity index (χ3v) is 4.70. The lowest BCUT2D eigenvalue weighted by atomic mass is 9.97. The van der Waals surface area contributed by atoms with E-state index >= 15 is 0 Å². The fraction of sp³-hybridized carbons (Fsp3) is 0.400. The molecule has 1 aromatic rings. The van der Waals surface area contributed by atoms with Gasteiger partial charge in [0.25, 0.3) is 0 Å². The summed E-state index contributed by atoms with van der Waals surface area (Å²) in [5.41, 5.74) is 7.48. The molecule has 0 aromatic heterocycles. The summed E-state index contributed by atoms with van der Waals surface area (Å²) in [7, 11) is 0. The maximum atomic E-state index is 9.47. The van der Waals surface area contributed by atoms with Crippen molar-refractivity contribution in [2.24, 2.45) is 10.9 Å². The molecule has 28 heavy (non-hydrogen) atoms. The van der Waals surface area contributed by atoms with Gasteiger partial charge in [0.1, 0.15) is 0 Å². The highest BCUT2D eigenvalue weighted by Gasteiger charge is 2.12. The second-order valence-corrected chi connectivity index (χ2v) is 7.57. The molecule has 2 N–H and O–H groups in total. The summed E-state index contributed by atoms with van der Waals surface area (Å²) in [6.07, 6.45) is 6.09. The van der Waals surface area contributed by atoms with Gasteiger partial charge in [0, 0.05) is 6.54 Å². The number of aliphatic hydroxyl groups is 1. The van der Waals surface area contributed by atoms with Crippen molar-refractivity contribution in [1.82, 2.24) is 5.32 Å². The minimum Gasteiger partial charge on any atom is -0.394 e. The summed E-state index contributed by atoms with van der Waals surface area (Å²) < 4.78 is 0. The molecule has 0 heterocycles. The highest BCUT2D eigenvalue weighted by atomic mass is 16.3. The van der Waals surface area contributed by atoms with E-state index in [1.165, 1.54) is 0 Å². The standard InChI is InChI=1S/C25H36N2O/c1-9-19(7)13-22(10-2)25(18(5)6)27-23-14-21(12-11-20(23)8)15-26-24(16-28)17(3)4/h9-14,18,24,26,28H,1,3,15-16H2,2,4-8H3/b19-13-,22-10+,27-25?. The molecule has 3 nitrogen and oxygen atoms in total. The average molecular weight is 381 g/mol. The lowest BCUT2D eigenvalue weighted by Crippen LogP contribution is -2.32. The van der Waals surface area contributed by atoms with Crippen LogP contribution in [-0.2, 0) is 6.54 Å². The average Bonchev–Trinajstić information content (AvgIpc) is 2.66. The molecule has 0 aliphatic heterocycles. The summed E-state index contributed by atoms with van der Waals surface area (Å²) in [4.78, 5) is 5.03. The Morgan fingerprint density at radius 3 is 2.46 bits per heavy atom. The molecule has 0 saturated carbocycles. The van der Waals surface area contributed by atoms with Gasteiger partial charge < -0.3 is 10.4 Å². The first-order chi connectivity index (χ1) is 13.2. The van der Waals surface area contributed by atoms with Crippen molar-refractivity contribution in [3.05, 3.63) is 77.4 Å². The Kier molecular flexibility index (Phi) is 9.84. The predicted molar refractivity (Wildman–Crippen MR) is 123 cm³/mol. The van der Waals surface area contributed by atoms with Crippen molar-refractivity contribution in [2.75, 3.05) is 6.61 Å². The SMILES string of the molecule is C=C/C(C)=C\C(=C/C)C(=Nc1cc(CNC(CO)C(=C)C)ccc1C)C(C)C. The van der Waals surface area contributed by atoms with Crippen LogP contribution < -0.4 is 5.32 Å². The van der Waals surface area contributed by atoms with Crippen molar-refractivity contribution in [1.29, 1.82) is 0 Å². The molecule has 0 amide bonds. The fourth-order valence-electron chi connectivity index (χ4n) is 2.79. The van der Waals surface area contributed by atoms with Gasteiger partial charge in [-0.05, 0) is 56.4 Å². The van der Waals surface area contributed by atoms with Crippen LogP contribution in [0, 0.1) is 12.8 Å². The van der Waals surface area contributed by atoms with E-state index < -0.39 is 0 Å². The smallest absolute Gasteiger partial charge is 0.0665 e. The molecule has 1 unspecified atom stereocenters. The van der Waals surface area contributed by atoms with E-state index in [1.807, 2.05) is 26.8 Å². The number of hydrogen-bond acceptors (Lipinski definition) is 3. The number of hydrogen-bond donors (Lipinski definition) is 2. The topological polar surface area (TPSA) is 44.6 Å². The normalized spacial score (nSPS) is 14.4. The van der Waals surface area contributed by atoms with Gasteiger partial charge >= 0.3 is 0 Å². The highest BCUT2D eigenvalue weighted by molar-refractivity contribution is 6.05. The first-order valence-corrected chi connectivity index (χ1v) is 9.88. The van der Waals surface area contributed by atoms with Gasteiger partial charge in [-0.25, -0.2) is 0 Å². The first kappa shape index (κ1) is 23.8. The van der Waals surface area contributed by atoms with Crippen LogP contribution in [0.3, 0.4) is 0 Å². The summed E-state index contributed by atoms with van der Waals surface area (Å²) in [5.74, 6) is 0.295. The van der Waals surface area contributed by atoms with Crippen LogP contribution in [0.1, 0.15) is 45.7 Å². The second-order valence-electron chi connectivity index (χ2n) is 7.57. The van der Waals surface area contributed by atoms with Gasteiger partial charge in [-0.1, -0.05) is 68.5 Å². The van der Waals surface area contributed by atoms with Gasteiger partial charge in [0.05, 0.1) is 24.0 Å². The van der Waals surface area contributed by atoms with Crippen LogP contribution in [0.4, 0.5) is 5.69 Å². The summed E-state index contributed by atoms with van der Waals surface area (Å²) in [6, 6.07) is 6.22. The van der Waals surface area contributed by atoms with Crippen molar-refractivity contribution >= 4 is 11.4 Å². The Labute approximate surface area is 171 Å². The molecule has 0 aliphatic rings. The second kappa shape index (κ2) is 11.6. The molecule has 1 atom stereocenters. The molecule has 0 bridgehead atoms. The fourth-order valence-corrected chi connectivity index (χ4v) is 2.79. The number of rotatable bonds is 10. The van der Waals surface area contributed by atoms with E-state index in [0.29, 0.717) is 12.5 Å². The third-order valence-electron chi connectivity index (χ3n) is 4.70. The van der Waals surface area contributed by atoms with Crippen LogP contribution in [0.25, 0.3) is 0 Å². The molecular weight excluding hydrogens is 344 g/mol. The van der Waals surface area contributed by atoms with Gasteiger partial charge in [-0.2, -0.15) is 0 Å². The van der Waals surface area contributed by atoms with Crippen LogP contribution in [0.2, 0.25) is 0 Å². The van der Waals surface area contributed by atoms with Crippen molar-refractivity contribution in [3.63, 3.8) is 0 Å². The molecule has 0 saturated heterocycles. The molecule has 0 radical (unpaired) electrons. The quantitative estimate of drug-likeness (QED) is 0.305. The molecule has 0 aliphatic carbocycles. The van der Waals surface area contributed by atoms with E-state index in [1.54, 1.807) is 0 Å². The first-order valence-electron chi connectivity index (χ1n) is 9.88. The number of aliphatic imine (C=N–C) groups is 1. The van der Waals surface area contributed by atoms with Gasteiger partial charge in [0.2, 0.25) is 0 Å². The van der Waals surface area contributed by atoms with E-state index in [-0.39, 0.29) is 12.6 Å². The summed E-state index contributed by atoms with van der Waals surface area (Å²) in [5, 5.41) is 12.8. The van der Waals surface area contributed by atoms with Crippen LogP contribution in [0.5, 0.6) is 0 Å². The molecule has 152 valence electrons. The minimum atomic E-state index is -0.0962. The van der Waals surface area contributed by atoms with Gasteiger partial charge in [0.15, 0.2) is 0 Å². The molecule has 1 aromatic carbocycles. The number of benzene rings is 1. The number of nitrogens with one attached hydrogen (secondary N) is 1. The van der Waals surface area contributed by atoms with E-state index in [9.17, 15) is 5.11 Å². The Morgan fingerprint density at radius 2 is 1.96 bits per heavy atom. The van der Waals surface area contributed by atoms with Crippen LogP contribution in [0.15, 0.2) is 71.3 Å². The third kappa shape index (κ3) is 7.06. The zero-order valence-electron chi connectivity index (χ0n) is 18.3. The molecule has 0 spiro atoms. The Morgan fingerprint density at radius 1 is 1.29 bits per heavy atom. The molecule has 1 rings (SSSR count). The molecule has 0 fully saturated rings. The Balaban J connectivity index is 3.25. The number of aryl methyl sites for hydroxylation is 1. The monoisotopic (exact) mass is 380 g/mol. The lowest BCUT2D eigenvalue weighted by Gasteiger charge is -2.17. The van der Waals surface area contributed by atoms with E-state index in [4.69, 9.17) is 4.99 Å². The lowest BCUT2D eigenvalue weighted by molar-refractivity contribution is 0.258. The molecule has 3 heteroatoms. The van der Waals surface area contributed by atoms with Gasteiger partial charge in [-0.15, -0.1) is 0 Å². The molecular formula is C25H36N2O. The maximum Gasteiger partial charge on any atom is 0.0665 e.